The predicted octanol–water partition coefficient (Wildman–Crippen LogP) is 0.620. The van der Waals surface area contributed by atoms with Gasteiger partial charge in [0.15, 0.2) is 0 Å². The normalized spacial score (nSPS) is 10.4. The Hall–Kier alpha value is -1.58. The minimum atomic E-state index is 0.768. The zero-order valence-electron chi connectivity index (χ0n) is 5.10. The second-order valence-corrected chi connectivity index (χ2v) is 1.98. The molecule has 0 aliphatic carbocycles. The van der Waals surface area contributed by atoms with E-state index in [1.807, 2.05) is 6.07 Å². The van der Waals surface area contributed by atoms with Crippen LogP contribution >= 0.6 is 0 Å². The third-order valence-electron chi connectivity index (χ3n) is 1.32. The van der Waals surface area contributed by atoms with Crippen LogP contribution in [0.4, 0.5) is 0 Å². The van der Waals surface area contributed by atoms with Crippen molar-refractivity contribution in [2.24, 2.45) is 0 Å². The van der Waals surface area contributed by atoms with E-state index in [9.17, 15) is 0 Å². The molecular weight excluding hydrogens is 130 g/mol. The van der Waals surface area contributed by atoms with E-state index in [1.165, 1.54) is 12.4 Å². The molecule has 0 atom stereocenters. The Bertz CT molecular complexity index is 317. The molecule has 4 heteroatoms. The van der Waals surface area contributed by atoms with E-state index in [0.717, 1.165) is 16.1 Å². The molecule has 0 fully saturated rings. The van der Waals surface area contributed by atoms with Crippen molar-refractivity contribution >= 4 is 0 Å². The summed E-state index contributed by atoms with van der Waals surface area (Å²) in [5, 5.41) is 12.4. The highest BCUT2D eigenvalue weighted by Crippen LogP contribution is 2.15. The number of rotatable bonds is 0. The molecule has 1 N–H and O–H groups in total. The van der Waals surface area contributed by atoms with Crippen molar-refractivity contribution in [3.05, 3.63) is 24.7 Å². The number of nitrogens with zero attached hydrogens (tertiary/aromatic N) is 3. The van der Waals surface area contributed by atoms with Crippen LogP contribution in [0.5, 0.6) is 0 Å². The van der Waals surface area contributed by atoms with Gasteiger partial charge < -0.3 is 5.21 Å². The summed E-state index contributed by atoms with van der Waals surface area (Å²) in [5.41, 5.74) is 1.68. The van der Waals surface area contributed by atoms with Crippen molar-refractivity contribution in [3.63, 3.8) is 0 Å². The van der Waals surface area contributed by atoms with Gasteiger partial charge in [-0.3, -0.25) is 4.98 Å². The van der Waals surface area contributed by atoms with Crippen molar-refractivity contribution in [1.82, 2.24) is 14.9 Å². The van der Waals surface area contributed by atoms with Crippen LogP contribution in [0.15, 0.2) is 24.7 Å². The maximum absolute atomic E-state index is 8.83. The summed E-state index contributed by atoms with van der Waals surface area (Å²) in [5.74, 6) is 0. The van der Waals surface area contributed by atoms with Crippen molar-refractivity contribution < 1.29 is 5.21 Å². The molecule has 2 rings (SSSR count). The van der Waals surface area contributed by atoms with Crippen molar-refractivity contribution in [1.29, 1.82) is 0 Å². The Morgan fingerprint density at radius 3 is 3.30 bits per heavy atom. The minimum absolute atomic E-state index is 0.768. The van der Waals surface area contributed by atoms with Gasteiger partial charge >= 0.3 is 0 Å². The molecule has 0 aromatic carbocycles. The Balaban J connectivity index is 2.75. The molecule has 10 heavy (non-hydrogen) atoms. The fraction of sp³-hybridized carbons (Fsp3) is 0. The molecule has 0 saturated heterocycles. The molecule has 0 unspecified atom stereocenters. The summed E-state index contributed by atoms with van der Waals surface area (Å²) in [6.07, 6.45) is 4.68. The first-order valence-electron chi connectivity index (χ1n) is 2.85. The van der Waals surface area contributed by atoms with Crippen LogP contribution in [0, 0.1) is 0 Å². The molecule has 0 bridgehead atoms. The third-order valence-corrected chi connectivity index (χ3v) is 1.32. The van der Waals surface area contributed by atoms with Crippen LogP contribution in [0.2, 0.25) is 0 Å². The molecule has 50 valence electrons. The third kappa shape index (κ3) is 0.621. The van der Waals surface area contributed by atoms with Crippen LogP contribution in [0.25, 0.3) is 11.3 Å². The largest absolute Gasteiger partial charge is 0.412 e. The van der Waals surface area contributed by atoms with E-state index < -0.39 is 0 Å². The van der Waals surface area contributed by atoms with E-state index in [2.05, 4.69) is 10.1 Å². The molecule has 2 aliphatic heterocycles. The van der Waals surface area contributed by atoms with Crippen molar-refractivity contribution in [2.75, 3.05) is 0 Å². The standard InChI is InChI=1S/C6H5N3O/c10-9-4-5-1-2-7-6(5)3-8-9/h1-4,10H. The highest BCUT2D eigenvalue weighted by molar-refractivity contribution is 5.57. The molecule has 2 aliphatic rings. The molecule has 0 spiro atoms. The van der Waals surface area contributed by atoms with Crippen LogP contribution in [-0.4, -0.2) is 20.1 Å². The molecule has 2 heterocycles. The lowest BCUT2D eigenvalue weighted by molar-refractivity contribution is 0.144. The quantitative estimate of drug-likeness (QED) is 0.539. The van der Waals surface area contributed by atoms with Gasteiger partial charge in [0, 0.05) is 11.8 Å². The first-order chi connectivity index (χ1) is 4.86. The number of hydrogen-bond donors (Lipinski definition) is 1. The lowest BCUT2D eigenvalue weighted by Gasteiger charge is -1.96. The van der Waals surface area contributed by atoms with Gasteiger partial charge in [0.2, 0.25) is 0 Å². The maximum Gasteiger partial charge on any atom is 0.0921 e. The first-order valence-corrected chi connectivity index (χ1v) is 2.85. The van der Waals surface area contributed by atoms with Gasteiger partial charge in [-0.05, 0) is 6.07 Å². The predicted molar refractivity (Wildman–Crippen MR) is 33.8 cm³/mol. The molecule has 4 nitrogen and oxygen atoms in total. The van der Waals surface area contributed by atoms with E-state index in [-0.39, 0.29) is 0 Å². The molecular formula is C6H5N3O. The van der Waals surface area contributed by atoms with Crippen LogP contribution in [0.3, 0.4) is 0 Å². The van der Waals surface area contributed by atoms with Crippen molar-refractivity contribution in [2.45, 2.75) is 0 Å². The number of hydrogen-bond acceptors (Lipinski definition) is 3. The maximum atomic E-state index is 8.83. The topological polar surface area (TPSA) is 50.9 Å². The first kappa shape index (κ1) is 5.22. The minimum Gasteiger partial charge on any atom is -0.412 e. The summed E-state index contributed by atoms with van der Waals surface area (Å²) >= 11 is 0. The van der Waals surface area contributed by atoms with Gasteiger partial charge in [-0.15, -0.1) is 9.94 Å². The number of fused-ring (bicyclic) bond motifs is 1. The van der Waals surface area contributed by atoms with Crippen LogP contribution < -0.4 is 0 Å². The number of aromatic nitrogens is 3. The summed E-state index contributed by atoms with van der Waals surface area (Å²) in [6.45, 7) is 0. The zero-order chi connectivity index (χ0) is 6.97. The van der Waals surface area contributed by atoms with E-state index >= 15 is 0 Å². The monoisotopic (exact) mass is 135 g/mol. The SMILES string of the molecule is On1cc2ccnc-2cn1. The van der Waals surface area contributed by atoms with Gasteiger partial charge in [-0.2, -0.15) is 0 Å². The summed E-state index contributed by atoms with van der Waals surface area (Å²) in [4.78, 5) is 4.74. The van der Waals surface area contributed by atoms with E-state index in [1.54, 1.807) is 6.20 Å². The molecule has 0 saturated carbocycles. The smallest absolute Gasteiger partial charge is 0.0921 e. The summed E-state index contributed by atoms with van der Waals surface area (Å²) in [6, 6.07) is 1.81. The van der Waals surface area contributed by atoms with E-state index in [0.29, 0.717) is 0 Å². The van der Waals surface area contributed by atoms with Gasteiger partial charge in [0.05, 0.1) is 18.1 Å². The molecule has 0 aromatic rings. The highest BCUT2D eigenvalue weighted by Gasteiger charge is 2.02. The van der Waals surface area contributed by atoms with Crippen LogP contribution in [-0.2, 0) is 0 Å². The summed E-state index contributed by atoms with van der Waals surface area (Å²) in [7, 11) is 0. The van der Waals surface area contributed by atoms with Gasteiger partial charge in [-0.1, -0.05) is 0 Å². The lowest BCUT2D eigenvalue weighted by atomic mass is 10.3. The average Bonchev–Trinajstić information content (AvgIpc) is 2.33. The Morgan fingerprint density at radius 2 is 2.40 bits per heavy atom. The fourth-order valence-corrected chi connectivity index (χ4v) is 0.846. The highest BCUT2D eigenvalue weighted by atomic mass is 16.5. The average molecular weight is 135 g/mol. The van der Waals surface area contributed by atoms with Crippen LogP contribution in [0.1, 0.15) is 0 Å². The van der Waals surface area contributed by atoms with Gasteiger partial charge in [0.1, 0.15) is 0 Å². The Morgan fingerprint density at radius 1 is 1.50 bits per heavy atom. The molecule has 0 aromatic heterocycles. The fourth-order valence-electron chi connectivity index (χ4n) is 0.846. The lowest BCUT2D eigenvalue weighted by Crippen LogP contribution is -1.97. The molecule has 0 radical (unpaired) electrons. The van der Waals surface area contributed by atoms with Crippen molar-refractivity contribution in [3.8, 4) is 11.3 Å². The second-order valence-electron chi connectivity index (χ2n) is 1.98. The van der Waals surface area contributed by atoms with Gasteiger partial charge in [-0.25, -0.2) is 0 Å². The zero-order valence-corrected chi connectivity index (χ0v) is 5.10. The Kier molecular flexibility index (Phi) is 0.887. The Labute approximate surface area is 57.0 Å². The summed E-state index contributed by atoms with van der Waals surface area (Å²) < 4.78 is 0. The molecule has 0 amide bonds. The van der Waals surface area contributed by atoms with Gasteiger partial charge in [0.25, 0.3) is 0 Å². The van der Waals surface area contributed by atoms with E-state index in [4.69, 9.17) is 5.21 Å². The second kappa shape index (κ2) is 1.70.